The number of likely N-dealkylation sites (N-methyl/N-ethyl adjacent to an activating group) is 1. The van der Waals surface area contributed by atoms with Gasteiger partial charge in [-0.1, -0.05) is 13.0 Å². The minimum atomic E-state index is 0.256. The number of nitrogens with zero attached hydrogens (tertiary/aromatic N) is 1. The van der Waals surface area contributed by atoms with Gasteiger partial charge < -0.3 is 14.4 Å². The van der Waals surface area contributed by atoms with E-state index in [4.69, 9.17) is 9.47 Å². The Morgan fingerprint density at radius 1 is 1.32 bits per heavy atom. The number of piperidine rings is 1. The van der Waals surface area contributed by atoms with Crippen LogP contribution in [-0.2, 0) is 11.8 Å². The van der Waals surface area contributed by atoms with E-state index in [0.717, 1.165) is 17.4 Å². The van der Waals surface area contributed by atoms with E-state index in [1.54, 1.807) is 7.11 Å². The van der Waals surface area contributed by atoms with Crippen LogP contribution in [0.25, 0.3) is 0 Å². The monoisotopic (exact) mass is 299 g/mol. The van der Waals surface area contributed by atoms with E-state index in [1.807, 2.05) is 0 Å². The Morgan fingerprint density at radius 3 is 3.00 bits per heavy atom. The molecule has 2 aliphatic carbocycles. The Labute approximate surface area is 132 Å². The van der Waals surface area contributed by atoms with Crippen LogP contribution in [0.2, 0.25) is 0 Å². The van der Waals surface area contributed by atoms with Gasteiger partial charge in [0, 0.05) is 17.0 Å². The molecule has 1 saturated carbocycles. The summed E-state index contributed by atoms with van der Waals surface area (Å²) in [6, 6.07) is 5.11. The second-order valence-electron chi connectivity index (χ2n) is 7.87. The van der Waals surface area contributed by atoms with Crippen molar-refractivity contribution in [2.45, 2.75) is 50.2 Å². The number of methoxy groups -OCH3 is 1. The molecule has 3 heteroatoms. The van der Waals surface area contributed by atoms with Crippen molar-refractivity contribution in [3.8, 4) is 11.5 Å². The predicted molar refractivity (Wildman–Crippen MR) is 85.7 cm³/mol. The lowest BCUT2D eigenvalue weighted by Crippen LogP contribution is -2.64. The summed E-state index contributed by atoms with van der Waals surface area (Å²) >= 11 is 0. The number of rotatable bonds is 1. The summed E-state index contributed by atoms with van der Waals surface area (Å²) in [4.78, 5) is 2.61. The lowest BCUT2D eigenvalue weighted by atomic mass is 9.50. The zero-order valence-corrected chi connectivity index (χ0v) is 13.8. The van der Waals surface area contributed by atoms with Crippen LogP contribution >= 0.6 is 0 Å². The molecule has 0 N–H and O–H groups in total. The molecule has 1 spiro atoms. The summed E-state index contributed by atoms with van der Waals surface area (Å²) < 4.78 is 12.2. The molecule has 2 bridgehead atoms. The number of hydrogen-bond acceptors (Lipinski definition) is 3. The first kappa shape index (κ1) is 13.2. The van der Waals surface area contributed by atoms with Gasteiger partial charge >= 0.3 is 0 Å². The Hall–Kier alpha value is -1.22. The van der Waals surface area contributed by atoms with Crippen molar-refractivity contribution in [1.82, 2.24) is 4.90 Å². The number of likely N-dealkylation sites (tertiary alicyclic amines) is 1. The van der Waals surface area contributed by atoms with Crippen LogP contribution in [0.1, 0.15) is 37.3 Å². The topological polar surface area (TPSA) is 21.7 Å². The molecule has 118 valence electrons. The summed E-state index contributed by atoms with van der Waals surface area (Å²) in [5.74, 6) is 3.41. The smallest absolute Gasteiger partial charge is 0.165 e. The Kier molecular flexibility index (Phi) is 2.52. The van der Waals surface area contributed by atoms with Crippen LogP contribution in [-0.4, -0.2) is 37.7 Å². The van der Waals surface area contributed by atoms with E-state index >= 15 is 0 Å². The highest BCUT2D eigenvalue weighted by Gasteiger charge is 2.64. The van der Waals surface area contributed by atoms with Crippen molar-refractivity contribution >= 4 is 0 Å². The van der Waals surface area contributed by atoms with Gasteiger partial charge in [-0.15, -0.1) is 0 Å². The van der Waals surface area contributed by atoms with Crippen LogP contribution in [0, 0.1) is 11.8 Å². The van der Waals surface area contributed by atoms with Crippen molar-refractivity contribution in [3.05, 3.63) is 23.3 Å². The molecule has 0 aromatic heterocycles. The molecule has 5 rings (SSSR count). The molecule has 0 radical (unpaired) electrons. The lowest BCUT2D eigenvalue weighted by molar-refractivity contribution is -0.0650. The highest BCUT2D eigenvalue weighted by Crippen LogP contribution is 2.64. The summed E-state index contributed by atoms with van der Waals surface area (Å²) in [5, 5.41) is 0. The van der Waals surface area contributed by atoms with E-state index in [9.17, 15) is 0 Å². The molecule has 2 aliphatic heterocycles. The van der Waals surface area contributed by atoms with Crippen LogP contribution in [0.4, 0.5) is 0 Å². The summed E-state index contributed by atoms with van der Waals surface area (Å²) in [7, 11) is 4.08. The van der Waals surface area contributed by atoms with E-state index in [2.05, 4.69) is 31.0 Å². The fraction of sp³-hybridized carbons (Fsp3) is 0.684. The van der Waals surface area contributed by atoms with Crippen LogP contribution in [0.3, 0.4) is 0 Å². The van der Waals surface area contributed by atoms with E-state index in [1.165, 1.54) is 43.4 Å². The molecule has 0 amide bonds. The van der Waals surface area contributed by atoms with Gasteiger partial charge in [-0.05, 0) is 62.7 Å². The maximum atomic E-state index is 6.60. The third-order valence-electron chi connectivity index (χ3n) is 7.10. The third kappa shape index (κ3) is 1.33. The standard InChI is InChI=1S/C19H25NO2/c1-11-4-6-13-14-10-12-5-7-15(21-3)17-16(12)19(13,18(11)22-17)8-9-20(14)2/h5,7,11,13-14,18H,4,6,8-10H2,1-3H3/t11?,13-,14+,18-,19-/m0/s1. The maximum Gasteiger partial charge on any atom is 0.165 e. The SMILES string of the molecule is COc1ccc2c3c1O[C@H]1C(C)CC[C@H]4[C@@H](C2)N(C)CC[C@]314. The molecule has 1 aromatic rings. The molecule has 1 saturated heterocycles. The Balaban J connectivity index is 1.80. The van der Waals surface area contributed by atoms with Gasteiger partial charge in [-0.2, -0.15) is 0 Å². The fourth-order valence-corrected chi connectivity index (χ4v) is 6.15. The van der Waals surface area contributed by atoms with Crippen molar-refractivity contribution in [3.63, 3.8) is 0 Å². The van der Waals surface area contributed by atoms with Crippen molar-refractivity contribution in [2.75, 3.05) is 20.7 Å². The van der Waals surface area contributed by atoms with E-state index < -0.39 is 0 Å². The van der Waals surface area contributed by atoms with Crippen molar-refractivity contribution in [1.29, 1.82) is 0 Å². The van der Waals surface area contributed by atoms with Crippen LogP contribution in [0.15, 0.2) is 12.1 Å². The molecular formula is C19H25NO2. The average molecular weight is 299 g/mol. The van der Waals surface area contributed by atoms with Gasteiger partial charge in [0.1, 0.15) is 6.10 Å². The lowest BCUT2D eigenvalue weighted by Gasteiger charge is -2.58. The predicted octanol–water partition coefficient (Wildman–Crippen LogP) is 3.00. The molecule has 1 aromatic carbocycles. The third-order valence-corrected chi connectivity index (χ3v) is 7.10. The molecule has 3 nitrogen and oxygen atoms in total. The Morgan fingerprint density at radius 2 is 2.18 bits per heavy atom. The van der Waals surface area contributed by atoms with Gasteiger partial charge in [-0.3, -0.25) is 0 Å². The first-order chi connectivity index (χ1) is 10.7. The zero-order chi connectivity index (χ0) is 15.1. The molecule has 2 fully saturated rings. The number of hydrogen-bond donors (Lipinski definition) is 0. The maximum absolute atomic E-state index is 6.60. The summed E-state index contributed by atoms with van der Waals surface area (Å²) in [5.41, 5.74) is 3.30. The highest BCUT2D eigenvalue weighted by atomic mass is 16.5. The fourth-order valence-electron chi connectivity index (χ4n) is 6.15. The van der Waals surface area contributed by atoms with E-state index in [-0.39, 0.29) is 5.41 Å². The summed E-state index contributed by atoms with van der Waals surface area (Å²) in [6.45, 7) is 3.58. The second kappa shape index (κ2) is 4.19. The largest absolute Gasteiger partial charge is 0.493 e. The quantitative estimate of drug-likeness (QED) is 0.796. The van der Waals surface area contributed by atoms with Crippen molar-refractivity contribution < 1.29 is 9.47 Å². The zero-order valence-electron chi connectivity index (χ0n) is 13.8. The van der Waals surface area contributed by atoms with Gasteiger partial charge in [0.25, 0.3) is 0 Å². The minimum Gasteiger partial charge on any atom is -0.493 e. The molecule has 2 heterocycles. The van der Waals surface area contributed by atoms with Crippen LogP contribution in [0.5, 0.6) is 11.5 Å². The number of benzene rings is 1. The average Bonchev–Trinajstić information content (AvgIpc) is 2.88. The number of ether oxygens (including phenoxy) is 2. The molecule has 5 atom stereocenters. The van der Waals surface area contributed by atoms with Gasteiger partial charge in [0.05, 0.1) is 7.11 Å². The van der Waals surface area contributed by atoms with Crippen LogP contribution < -0.4 is 9.47 Å². The van der Waals surface area contributed by atoms with Gasteiger partial charge in [0.15, 0.2) is 11.5 Å². The highest BCUT2D eigenvalue weighted by molar-refractivity contribution is 5.61. The summed E-state index contributed by atoms with van der Waals surface area (Å²) in [6.07, 6.45) is 5.43. The first-order valence-electron chi connectivity index (χ1n) is 8.74. The van der Waals surface area contributed by atoms with Crippen molar-refractivity contribution in [2.24, 2.45) is 11.8 Å². The van der Waals surface area contributed by atoms with E-state index in [0.29, 0.717) is 18.1 Å². The normalized spacial score (nSPS) is 41.8. The molecule has 1 unspecified atom stereocenters. The molecule has 4 aliphatic rings. The minimum absolute atomic E-state index is 0.256. The van der Waals surface area contributed by atoms with Gasteiger partial charge in [-0.25, -0.2) is 0 Å². The molecule has 22 heavy (non-hydrogen) atoms. The molecular weight excluding hydrogens is 274 g/mol. The Bertz CT molecular complexity index is 643. The second-order valence-corrected chi connectivity index (χ2v) is 7.87. The first-order valence-corrected chi connectivity index (χ1v) is 8.74. The van der Waals surface area contributed by atoms with Gasteiger partial charge in [0.2, 0.25) is 0 Å².